The summed E-state index contributed by atoms with van der Waals surface area (Å²) < 4.78 is 0. The fourth-order valence-electron chi connectivity index (χ4n) is 2.46. The van der Waals surface area contributed by atoms with E-state index in [4.69, 9.17) is 0 Å². The van der Waals surface area contributed by atoms with E-state index < -0.39 is 5.60 Å². The average molecular weight is 304 g/mol. The van der Waals surface area contributed by atoms with E-state index in [1.54, 1.807) is 17.5 Å². The highest BCUT2D eigenvalue weighted by Gasteiger charge is 2.30. The Labute approximate surface area is 128 Å². The Bertz CT molecular complexity index is 566. The van der Waals surface area contributed by atoms with Crippen LogP contribution in [0.2, 0.25) is 0 Å². The standard InChI is InChI=1S/C15H20N4OS/c20-15(4-7-18-11-15)10-17-6-3-13-9-21-14(19-13)12-2-1-5-16-8-12/h1-2,5,8-9,17-18,20H,3-4,6-7,10-11H2. The van der Waals surface area contributed by atoms with Gasteiger partial charge in [-0.2, -0.15) is 0 Å². The molecule has 2 aromatic heterocycles. The van der Waals surface area contributed by atoms with Gasteiger partial charge in [-0.3, -0.25) is 4.98 Å². The largest absolute Gasteiger partial charge is 0.387 e. The van der Waals surface area contributed by atoms with E-state index in [1.807, 2.05) is 18.3 Å². The van der Waals surface area contributed by atoms with Crippen LogP contribution in [0.5, 0.6) is 0 Å². The number of rotatable bonds is 6. The molecule has 3 heterocycles. The minimum Gasteiger partial charge on any atom is -0.387 e. The van der Waals surface area contributed by atoms with Gasteiger partial charge in [-0.15, -0.1) is 11.3 Å². The molecule has 3 rings (SSSR count). The van der Waals surface area contributed by atoms with Gasteiger partial charge in [0.2, 0.25) is 0 Å². The minimum absolute atomic E-state index is 0.580. The predicted octanol–water partition coefficient (Wildman–Crippen LogP) is 1.06. The Balaban J connectivity index is 1.47. The third-order valence-corrected chi connectivity index (χ3v) is 4.63. The summed E-state index contributed by atoms with van der Waals surface area (Å²) in [5.74, 6) is 0. The molecular weight excluding hydrogens is 284 g/mol. The molecule has 0 saturated carbocycles. The van der Waals surface area contributed by atoms with Crippen molar-refractivity contribution in [3.63, 3.8) is 0 Å². The Morgan fingerprint density at radius 2 is 2.43 bits per heavy atom. The van der Waals surface area contributed by atoms with Crippen LogP contribution in [-0.4, -0.2) is 46.9 Å². The third kappa shape index (κ3) is 3.85. The van der Waals surface area contributed by atoms with E-state index in [0.717, 1.165) is 42.2 Å². The molecule has 0 bridgehead atoms. The van der Waals surface area contributed by atoms with E-state index in [2.05, 4.69) is 26.0 Å². The molecular formula is C15H20N4OS. The number of hydrogen-bond donors (Lipinski definition) is 3. The van der Waals surface area contributed by atoms with Crippen LogP contribution in [0.1, 0.15) is 12.1 Å². The molecule has 0 spiro atoms. The molecule has 0 aliphatic carbocycles. The summed E-state index contributed by atoms with van der Waals surface area (Å²) in [5.41, 5.74) is 1.57. The first kappa shape index (κ1) is 14.6. The normalized spacial score (nSPS) is 21.8. The average Bonchev–Trinajstić information content (AvgIpc) is 3.14. The lowest BCUT2D eigenvalue weighted by Crippen LogP contribution is -2.42. The maximum absolute atomic E-state index is 10.2. The smallest absolute Gasteiger partial charge is 0.125 e. The number of aliphatic hydroxyl groups is 1. The van der Waals surface area contributed by atoms with Gasteiger partial charge < -0.3 is 15.7 Å². The van der Waals surface area contributed by atoms with Crippen molar-refractivity contribution in [1.82, 2.24) is 20.6 Å². The van der Waals surface area contributed by atoms with Crippen LogP contribution < -0.4 is 10.6 Å². The second-order valence-corrected chi connectivity index (χ2v) is 6.32. The third-order valence-electron chi connectivity index (χ3n) is 3.69. The van der Waals surface area contributed by atoms with Gasteiger partial charge in [0.05, 0.1) is 11.3 Å². The molecule has 1 unspecified atom stereocenters. The van der Waals surface area contributed by atoms with Crippen LogP contribution in [0.25, 0.3) is 10.6 Å². The van der Waals surface area contributed by atoms with Crippen molar-refractivity contribution < 1.29 is 5.11 Å². The van der Waals surface area contributed by atoms with Gasteiger partial charge in [-0.05, 0) is 25.1 Å². The molecule has 0 aromatic carbocycles. The van der Waals surface area contributed by atoms with E-state index in [1.165, 1.54) is 0 Å². The summed E-state index contributed by atoms with van der Waals surface area (Å²) >= 11 is 1.65. The van der Waals surface area contributed by atoms with Gasteiger partial charge in [0.1, 0.15) is 5.01 Å². The highest BCUT2D eigenvalue weighted by Crippen LogP contribution is 2.22. The van der Waals surface area contributed by atoms with Crippen LogP contribution in [0.15, 0.2) is 29.9 Å². The van der Waals surface area contributed by atoms with Crippen LogP contribution in [0.3, 0.4) is 0 Å². The molecule has 1 saturated heterocycles. The highest BCUT2D eigenvalue weighted by molar-refractivity contribution is 7.13. The first-order valence-electron chi connectivity index (χ1n) is 7.24. The summed E-state index contributed by atoms with van der Waals surface area (Å²) in [6, 6.07) is 3.95. The first-order valence-corrected chi connectivity index (χ1v) is 8.12. The van der Waals surface area contributed by atoms with Gasteiger partial charge in [0.25, 0.3) is 0 Å². The van der Waals surface area contributed by atoms with Crippen molar-refractivity contribution in [2.24, 2.45) is 0 Å². The van der Waals surface area contributed by atoms with Crippen molar-refractivity contribution >= 4 is 11.3 Å². The zero-order valence-electron chi connectivity index (χ0n) is 11.9. The SMILES string of the molecule is OC1(CNCCc2csc(-c3cccnc3)n2)CCNC1. The fraction of sp³-hybridized carbons (Fsp3) is 0.467. The van der Waals surface area contributed by atoms with Crippen molar-refractivity contribution in [2.75, 3.05) is 26.2 Å². The van der Waals surface area contributed by atoms with Gasteiger partial charge in [-0.1, -0.05) is 0 Å². The molecule has 1 aliphatic rings. The summed E-state index contributed by atoms with van der Waals surface area (Å²) in [7, 11) is 0. The lowest BCUT2D eigenvalue weighted by Gasteiger charge is -2.21. The monoisotopic (exact) mass is 304 g/mol. The Morgan fingerprint density at radius 1 is 1.48 bits per heavy atom. The quantitative estimate of drug-likeness (QED) is 0.696. The zero-order chi connectivity index (χ0) is 14.5. The van der Waals surface area contributed by atoms with Gasteiger partial charge in [-0.25, -0.2) is 4.98 Å². The predicted molar refractivity (Wildman–Crippen MR) is 84.4 cm³/mol. The fourth-order valence-corrected chi connectivity index (χ4v) is 3.31. The number of hydrogen-bond acceptors (Lipinski definition) is 6. The molecule has 112 valence electrons. The van der Waals surface area contributed by atoms with Crippen molar-refractivity contribution in [3.8, 4) is 10.6 Å². The van der Waals surface area contributed by atoms with Gasteiger partial charge in [0, 0.05) is 49.4 Å². The van der Waals surface area contributed by atoms with Crippen LogP contribution >= 0.6 is 11.3 Å². The number of aromatic nitrogens is 2. The van der Waals surface area contributed by atoms with E-state index in [9.17, 15) is 5.11 Å². The lowest BCUT2D eigenvalue weighted by molar-refractivity contribution is 0.0615. The van der Waals surface area contributed by atoms with Crippen LogP contribution in [0, 0.1) is 0 Å². The molecule has 0 amide bonds. The number of β-amino-alcohol motifs (C(OH)–C–C–N with tert-alkyl or cyclic N) is 1. The maximum atomic E-state index is 10.2. The summed E-state index contributed by atoms with van der Waals surface area (Å²) in [5, 5.41) is 19.8. The van der Waals surface area contributed by atoms with E-state index >= 15 is 0 Å². The molecule has 1 atom stereocenters. The van der Waals surface area contributed by atoms with Crippen molar-refractivity contribution in [3.05, 3.63) is 35.6 Å². The summed E-state index contributed by atoms with van der Waals surface area (Å²) in [6.07, 6.45) is 5.30. The Morgan fingerprint density at radius 3 is 3.19 bits per heavy atom. The molecule has 0 radical (unpaired) electrons. The number of thiazole rings is 1. The van der Waals surface area contributed by atoms with Crippen LogP contribution in [-0.2, 0) is 6.42 Å². The minimum atomic E-state index is -0.580. The Kier molecular flexibility index (Phi) is 4.60. The number of nitrogens with one attached hydrogen (secondary N) is 2. The molecule has 21 heavy (non-hydrogen) atoms. The van der Waals surface area contributed by atoms with E-state index in [0.29, 0.717) is 13.1 Å². The molecule has 2 aromatic rings. The molecule has 3 N–H and O–H groups in total. The molecule has 5 nitrogen and oxygen atoms in total. The zero-order valence-corrected chi connectivity index (χ0v) is 12.7. The highest BCUT2D eigenvalue weighted by atomic mass is 32.1. The van der Waals surface area contributed by atoms with Crippen molar-refractivity contribution in [1.29, 1.82) is 0 Å². The van der Waals surface area contributed by atoms with E-state index in [-0.39, 0.29) is 0 Å². The van der Waals surface area contributed by atoms with Crippen LogP contribution in [0.4, 0.5) is 0 Å². The Hall–Kier alpha value is -1.34. The second-order valence-electron chi connectivity index (χ2n) is 5.46. The summed E-state index contributed by atoms with van der Waals surface area (Å²) in [4.78, 5) is 8.75. The van der Waals surface area contributed by atoms with Crippen molar-refractivity contribution in [2.45, 2.75) is 18.4 Å². The summed E-state index contributed by atoms with van der Waals surface area (Å²) in [6.45, 7) is 3.05. The molecule has 6 heteroatoms. The number of nitrogens with zero attached hydrogens (tertiary/aromatic N) is 2. The molecule has 1 fully saturated rings. The van der Waals surface area contributed by atoms with Gasteiger partial charge in [0.15, 0.2) is 0 Å². The van der Waals surface area contributed by atoms with Gasteiger partial charge >= 0.3 is 0 Å². The topological polar surface area (TPSA) is 70.1 Å². The maximum Gasteiger partial charge on any atom is 0.125 e. The second kappa shape index (κ2) is 6.62. The first-order chi connectivity index (χ1) is 10.3. The number of pyridine rings is 1. The lowest BCUT2D eigenvalue weighted by atomic mass is 10.0. The molecule has 1 aliphatic heterocycles.